The number of methoxy groups -OCH3 is 1. The van der Waals surface area contributed by atoms with Gasteiger partial charge in [0, 0.05) is 31.2 Å². The van der Waals surface area contributed by atoms with Gasteiger partial charge in [0.25, 0.3) is 15.9 Å². The Labute approximate surface area is 234 Å². The van der Waals surface area contributed by atoms with Gasteiger partial charge in [0.05, 0.1) is 25.3 Å². The number of anilines is 1. The molecule has 39 heavy (non-hydrogen) atoms. The fourth-order valence-corrected chi connectivity index (χ4v) is 6.58. The number of ether oxygens (including phenoxy) is 2. The molecule has 9 nitrogen and oxygen atoms in total. The van der Waals surface area contributed by atoms with E-state index in [0.29, 0.717) is 25.4 Å². The molecule has 0 bridgehead atoms. The van der Waals surface area contributed by atoms with Crippen LogP contribution in [0.3, 0.4) is 0 Å². The van der Waals surface area contributed by atoms with Crippen molar-refractivity contribution in [2.24, 2.45) is 5.92 Å². The van der Waals surface area contributed by atoms with Crippen LogP contribution in [0.5, 0.6) is 11.5 Å². The number of carbonyl (C=O) groups excluding carboxylic acids is 1. The molecule has 1 aromatic heterocycles. The van der Waals surface area contributed by atoms with E-state index in [-0.39, 0.29) is 40.0 Å². The molecule has 1 amide bonds. The number of hydrogen-bond donors (Lipinski definition) is 2. The lowest BCUT2D eigenvalue weighted by Gasteiger charge is -2.38. The number of hydrogen-bond acceptors (Lipinski definition) is 8. The van der Waals surface area contributed by atoms with Crippen LogP contribution in [0, 0.1) is 5.92 Å². The summed E-state index contributed by atoms with van der Waals surface area (Å²) in [6, 6.07) is 15.4. The first kappa shape index (κ1) is 28.9. The lowest BCUT2D eigenvalue weighted by atomic mass is 9.99. The SMILES string of the molecule is COc1ccc(CN(C)C[C@@H]2Oc3ccc(NS(=O)(=O)c4cccs4)cc3C(=O)N([C@@H](C)CO)C[C@@H]2C)cc1. The van der Waals surface area contributed by atoms with Crippen LogP contribution < -0.4 is 14.2 Å². The van der Waals surface area contributed by atoms with Crippen molar-refractivity contribution < 1.29 is 27.8 Å². The van der Waals surface area contributed by atoms with Crippen LogP contribution in [-0.4, -0.2) is 75.2 Å². The molecular weight excluding hydrogens is 538 g/mol. The van der Waals surface area contributed by atoms with E-state index < -0.39 is 16.1 Å². The minimum Gasteiger partial charge on any atom is -0.497 e. The van der Waals surface area contributed by atoms with E-state index in [1.807, 2.05) is 38.2 Å². The number of carbonyl (C=O) groups is 1. The topological polar surface area (TPSA) is 108 Å². The Morgan fingerprint density at radius 1 is 1.23 bits per heavy atom. The number of nitrogens with zero attached hydrogens (tertiary/aromatic N) is 2. The van der Waals surface area contributed by atoms with Crippen molar-refractivity contribution >= 4 is 33.0 Å². The summed E-state index contributed by atoms with van der Waals surface area (Å²) in [5, 5.41) is 11.6. The van der Waals surface area contributed by atoms with Crippen LogP contribution in [0.2, 0.25) is 0 Å². The van der Waals surface area contributed by atoms with Gasteiger partial charge < -0.3 is 19.5 Å². The van der Waals surface area contributed by atoms with Gasteiger partial charge in [0.15, 0.2) is 0 Å². The predicted octanol–water partition coefficient (Wildman–Crippen LogP) is 3.91. The second kappa shape index (κ2) is 12.4. The summed E-state index contributed by atoms with van der Waals surface area (Å²) in [5.74, 6) is 0.824. The number of fused-ring (bicyclic) bond motifs is 1. The van der Waals surface area contributed by atoms with Crippen molar-refractivity contribution in [3.05, 3.63) is 71.1 Å². The number of aliphatic hydroxyl groups excluding tert-OH is 1. The Bertz CT molecular complexity index is 1360. The Kier molecular flexibility index (Phi) is 9.16. The Morgan fingerprint density at radius 2 is 1.97 bits per heavy atom. The monoisotopic (exact) mass is 573 g/mol. The maximum atomic E-state index is 13.6. The lowest BCUT2D eigenvalue weighted by Crippen LogP contribution is -2.49. The smallest absolute Gasteiger partial charge is 0.271 e. The van der Waals surface area contributed by atoms with E-state index in [2.05, 4.69) is 9.62 Å². The van der Waals surface area contributed by atoms with Gasteiger partial charge in [-0.05, 0) is 61.3 Å². The highest BCUT2D eigenvalue weighted by Crippen LogP contribution is 2.32. The summed E-state index contributed by atoms with van der Waals surface area (Å²) in [7, 11) is -0.132. The van der Waals surface area contributed by atoms with Crippen LogP contribution in [-0.2, 0) is 16.6 Å². The molecule has 0 aliphatic carbocycles. The van der Waals surface area contributed by atoms with Crippen molar-refractivity contribution in [3.63, 3.8) is 0 Å². The van der Waals surface area contributed by atoms with Crippen molar-refractivity contribution in [2.75, 3.05) is 38.6 Å². The number of benzene rings is 2. The fraction of sp³-hybridized carbons (Fsp3) is 0.393. The zero-order valence-electron chi connectivity index (χ0n) is 22.5. The van der Waals surface area contributed by atoms with E-state index >= 15 is 0 Å². The molecule has 0 spiro atoms. The van der Waals surface area contributed by atoms with E-state index in [0.717, 1.165) is 22.6 Å². The summed E-state index contributed by atoms with van der Waals surface area (Å²) in [4.78, 5) is 17.4. The van der Waals surface area contributed by atoms with Crippen LogP contribution in [0.15, 0.2) is 64.2 Å². The minimum absolute atomic E-state index is 0.0357. The molecule has 3 aromatic rings. The van der Waals surface area contributed by atoms with E-state index in [4.69, 9.17) is 9.47 Å². The first-order valence-corrected chi connectivity index (χ1v) is 15.1. The minimum atomic E-state index is -3.79. The quantitative estimate of drug-likeness (QED) is 0.379. The first-order chi connectivity index (χ1) is 18.6. The van der Waals surface area contributed by atoms with E-state index in [1.54, 1.807) is 42.5 Å². The molecule has 0 saturated carbocycles. The van der Waals surface area contributed by atoms with Crippen LogP contribution in [0.1, 0.15) is 29.8 Å². The van der Waals surface area contributed by atoms with Gasteiger partial charge in [-0.25, -0.2) is 8.42 Å². The van der Waals surface area contributed by atoms with Crippen molar-refractivity contribution in [1.82, 2.24) is 9.80 Å². The predicted molar refractivity (Wildman–Crippen MR) is 152 cm³/mol. The molecule has 210 valence electrons. The molecule has 2 aromatic carbocycles. The van der Waals surface area contributed by atoms with E-state index in [1.165, 1.54) is 12.1 Å². The number of sulfonamides is 1. The molecule has 0 unspecified atom stereocenters. The molecule has 2 N–H and O–H groups in total. The largest absolute Gasteiger partial charge is 0.497 e. The normalized spacial score (nSPS) is 18.6. The molecule has 4 rings (SSSR count). The maximum Gasteiger partial charge on any atom is 0.271 e. The molecule has 3 atom stereocenters. The molecule has 11 heteroatoms. The molecule has 2 heterocycles. The zero-order valence-corrected chi connectivity index (χ0v) is 24.2. The van der Waals surface area contributed by atoms with Gasteiger partial charge in [0.2, 0.25) is 0 Å². The average Bonchev–Trinajstić information content (AvgIpc) is 3.47. The number of aliphatic hydroxyl groups is 1. The molecular formula is C28H35N3O6S2. The molecule has 1 aliphatic heterocycles. The highest BCUT2D eigenvalue weighted by atomic mass is 32.2. The van der Waals surface area contributed by atoms with Crippen molar-refractivity contribution in [3.8, 4) is 11.5 Å². The van der Waals surface area contributed by atoms with Crippen LogP contribution in [0.25, 0.3) is 0 Å². The summed E-state index contributed by atoms with van der Waals surface area (Å²) in [6.07, 6.45) is -0.262. The maximum absolute atomic E-state index is 13.6. The van der Waals surface area contributed by atoms with Crippen molar-refractivity contribution in [1.29, 1.82) is 0 Å². The molecule has 1 aliphatic rings. The summed E-state index contributed by atoms with van der Waals surface area (Å²) >= 11 is 1.11. The highest BCUT2D eigenvalue weighted by molar-refractivity contribution is 7.94. The second-order valence-corrected chi connectivity index (χ2v) is 12.8. The third-order valence-corrected chi connectivity index (χ3v) is 9.56. The Hall–Kier alpha value is -3.12. The molecule has 0 fully saturated rings. The second-order valence-electron chi connectivity index (χ2n) is 9.92. The van der Waals surface area contributed by atoms with Gasteiger partial charge in [-0.15, -0.1) is 11.3 Å². The van der Waals surface area contributed by atoms with Crippen LogP contribution in [0.4, 0.5) is 5.69 Å². The standard InChI is InChI=1S/C28H35N3O6S2/c1-19-15-31(20(2)18-32)28(33)24-14-22(29-39(34,35)27-6-5-13-38-27)9-12-25(24)37-26(19)17-30(3)16-21-7-10-23(36-4)11-8-21/h5-14,19-20,26,29,32H,15-18H2,1-4H3/t19-,20-,26-/m0/s1. The fourth-order valence-electron chi connectivity index (χ4n) is 4.54. The van der Waals surface area contributed by atoms with Crippen LogP contribution >= 0.6 is 11.3 Å². The Morgan fingerprint density at radius 3 is 2.62 bits per heavy atom. The number of thiophene rings is 1. The third kappa shape index (κ3) is 6.91. The Balaban J connectivity index is 1.60. The third-order valence-electron chi connectivity index (χ3n) is 6.78. The number of likely N-dealkylation sites (N-methyl/N-ethyl adjacent to an activating group) is 1. The zero-order chi connectivity index (χ0) is 28.2. The number of rotatable bonds is 10. The summed E-state index contributed by atoms with van der Waals surface area (Å²) < 4.78 is 40.0. The van der Waals surface area contributed by atoms with Crippen molar-refractivity contribution in [2.45, 2.75) is 36.7 Å². The van der Waals surface area contributed by atoms with E-state index in [9.17, 15) is 18.3 Å². The van der Waals surface area contributed by atoms with Gasteiger partial charge in [-0.3, -0.25) is 14.4 Å². The lowest BCUT2D eigenvalue weighted by molar-refractivity contribution is 0.0341. The number of nitrogens with one attached hydrogen (secondary N) is 1. The summed E-state index contributed by atoms with van der Waals surface area (Å²) in [6.45, 7) is 5.30. The number of amides is 1. The van der Waals surface area contributed by atoms with Gasteiger partial charge in [-0.1, -0.05) is 25.1 Å². The summed E-state index contributed by atoms with van der Waals surface area (Å²) in [5.41, 5.74) is 1.64. The van der Waals surface area contributed by atoms with Gasteiger partial charge >= 0.3 is 0 Å². The first-order valence-electron chi connectivity index (χ1n) is 12.7. The average molecular weight is 574 g/mol. The molecule has 0 radical (unpaired) electrons. The molecule has 0 saturated heterocycles. The van der Waals surface area contributed by atoms with Gasteiger partial charge in [-0.2, -0.15) is 0 Å². The van der Waals surface area contributed by atoms with Gasteiger partial charge in [0.1, 0.15) is 21.8 Å². The highest BCUT2D eigenvalue weighted by Gasteiger charge is 2.33.